The number of hydrogen-bond acceptors (Lipinski definition) is 2. The molecule has 1 aromatic rings. The number of carbonyl (C=O) groups is 1. The van der Waals surface area contributed by atoms with Crippen molar-refractivity contribution in [3.05, 3.63) is 29.8 Å². The second kappa shape index (κ2) is 7.41. The number of halogens is 1. The van der Waals surface area contributed by atoms with Crippen LogP contribution in [0.4, 0.5) is 0 Å². The second-order valence-electron chi connectivity index (χ2n) is 4.88. The van der Waals surface area contributed by atoms with Crippen LogP contribution in [0.15, 0.2) is 24.3 Å². The van der Waals surface area contributed by atoms with Gasteiger partial charge >= 0.3 is 0 Å². The van der Waals surface area contributed by atoms with E-state index in [9.17, 15) is 9.90 Å². The molecule has 0 saturated carbocycles. The third kappa shape index (κ3) is 6.05. The third-order valence-corrected chi connectivity index (χ3v) is 3.22. The van der Waals surface area contributed by atoms with E-state index in [1.807, 2.05) is 6.07 Å². The van der Waals surface area contributed by atoms with Crippen LogP contribution in [0.2, 0.25) is 0 Å². The minimum absolute atomic E-state index is 0.0196. The average molecular weight is 314 g/mol. The van der Waals surface area contributed by atoms with Gasteiger partial charge in [0, 0.05) is 11.4 Å². The molecule has 18 heavy (non-hydrogen) atoms. The molecule has 0 heterocycles. The number of nitrogens with one attached hydrogen (secondary N) is 1. The molecular formula is C14H20BrNO2. The maximum Gasteiger partial charge on any atom is 0.224 e. The van der Waals surface area contributed by atoms with E-state index in [2.05, 4.69) is 35.1 Å². The zero-order valence-corrected chi connectivity index (χ0v) is 12.4. The Morgan fingerprint density at radius 3 is 2.78 bits per heavy atom. The Bertz CT molecular complexity index is 393. The summed E-state index contributed by atoms with van der Waals surface area (Å²) >= 11 is 3.55. The van der Waals surface area contributed by atoms with Crippen LogP contribution in [-0.2, 0) is 11.2 Å². The first-order valence-electron chi connectivity index (χ1n) is 6.16. The van der Waals surface area contributed by atoms with E-state index in [1.165, 1.54) is 0 Å². The normalized spacial score (nSPS) is 12.4. The molecule has 1 aromatic carbocycles. The summed E-state index contributed by atoms with van der Waals surface area (Å²) in [4.78, 5) is 12.0. The lowest BCUT2D eigenvalue weighted by Gasteiger charge is -2.13. The van der Waals surface area contributed by atoms with Gasteiger partial charge in [0.05, 0.1) is 6.42 Å². The van der Waals surface area contributed by atoms with Crippen LogP contribution in [-0.4, -0.2) is 22.4 Å². The number of amides is 1. The lowest BCUT2D eigenvalue weighted by molar-refractivity contribution is -0.120. The molecule has 1 unspecified atom stereocenters. The second-order valence-corrected chi connectivity index (χ2v) is 6.17. The fourth-order valence-corrected chi connectivity index (χ4v) is 2.64. The van der Waals surface area contributed by atoms with Crippen molar-refractivity contribution in [2.75, 3.05) is 6.54 Å². The Hall–Kier alpha value is -1.03. The van der Waals surface area contributed by atoms with Crippen molar-refractivity contribution < 1.29 is 9.90 Å². The highest BCUT2D eigenvalue weighted by Crippen LogP contribution is 2.13. The highest BCUT2D eigenvalue weighted by molar-refractivity contribution is 9.09. The highest BCUT2D eigenvalue weighted by Gasteiger charge is 2.09. The molecule has 1 atom stereocenters. The van der Waals surface area contributed by atoms with Crippen molar-refractivity contribution in [2.45, 2.75) is 31.5 Å². The van der Waals surface area contributed by atoms with E-state index >= 15 is 0 Å². The van der Waals surface area contributed by atoms with Crippen molar-refractivity contribution >= 4 is 21.8 Å². The Morgan fingerprint density at radius 2 is 2.17 bits per heavy atom. The molecule has 0 aliphatic rings. The summed E-state index contributed by atoms with van der Waals surface area (Å²) in [7, 11) is 0. The first kappa shape index (κ1) is 15.0. The predicted molar refractivity (Wildman–Crippen MR) is 77.0 cm³/mol. The summed E-state index contributed by atoms with van der Waals surface area (Å²) in [5.41, 5.74) is 0.822. The molecule has 0 spiro atoms. The van der Waals surface area contributed by atoms with Gasteiger partial charge in [0.15, 0.2) is 0 Å². The molecule has 0 saturated heterocycles. The molecule has 4 heteroatoms. The van der Waals surface area contributed by atoms with Gasteiger partial charge in [-0.1, -0.05) is 41.9 Å². The molecule has 0 radical (unpaired) electrons. The molecule has 0 bridgehead atoms. The Kier molecular flexibility index (Phi) is 6.19. The average Bonchev–Trinajstić information content (AvgIpc) is 2.25. The van der Waals surface area contributed by atoms with Gasteiger partial charge in [-0.15, -0.1) is 0 Å². The molecular weight excluding hydrogens is 294 g/mol. The largest absolute Gasteiger partial charge is 0.508 e. The van der Waals surface area contributed by atoms with E-state index < -0.39 is 0 Å². The van der Waals surface area contributed by atoms with E-state index in [4.69, 9.17) is 0 Å². The number of rotatable bonds is 6. The van der Waals surface area contributed by atoms with Gasteiger partial charge in [-0.2, -0.15) is 0 Å². The summed E-state index contributed by atoms with van der Waals surface area (Å²) in [6.45, 7) is 4.95. The standard InChI is InChI=1S/C14H20BrNO2/c1-10(2)6-12(15)9-16-14(18)8-11-4-3-5-13(17)7-11/h3-5,7,10,12,17H,6,8-9H2,1-2H3,(H,16,18). The zero-order valence-electron chi connectivity index (χ0n) is 10.8. The van der Waals surface area contributed by atoms with Crippen LogP contribution in [0.25, 0.3) is 0 Å². The van der Waals surface area contributed by atoms with Gasteiger partial charge in [0.1, 0.15) is 5.75 Å². The van der Waals surface area contributed by atoms with Crippen molar-refractivity contribution in [2.24, 2.45) is 5.92 Å². The van der Waals surface area contributed by atoms with E-state index in [1.54, 1.807) is 18.2 Å². The molecule has 0 aliphatic heterocycles. The van der Waals surface area contributed by atoms with Crippen molar-refractivity contribution in [1.82, 2.24) is 5.32 Å². The van der Waals surface area contributed by atoms with Crippen LogP contribution >= 0.6 is 15.9 Å². The van der Waals surface area contributed by atoms with Gasteiger partial charge in [0.2, 0.25) is 5.91 Å². The van der Waals surface area contributed by atoms with Crippen LogP contribution < -0.4 is 5.32 Å². The summed E-state index contributed by atoms with van der Waals surface area (Å²) in [5.74, 6) is 0.782. The van der Waals surface area contributed by atoms with E-state index in [0.717, 1.165) is 12.0 Å². The van der Waals surface area contributed by atoms with Crippen LogP contribution in [0.5, 0.6) is 5.75 Å². The minimum Gasteiger partial charge on any atom is -0.508 e. The summed E-state index contributed by atoms with van der Waals surface area (Å²) in [6, 6.07) is 6.78. The Morgan fingerprint density at radius 1 is 1.44 bits per heavy atom. The number of alkyl halides is 1. The molecule has 0 aromatic heterocycles. The molecule has 100 valence electrons. The minimum atomic E-state index is -0.0196. The number of aromatic hydroxyl groups is 1. The monoisotopic (exact) mass is 313 g/mol. The van der Waals surface area contributed by atoms with Crippen LogP contribution in [0.1, 0.15) is 25.8 Å². The van der Waals surface area contributed by atoms with E-state index in [-0.39, 0.29) is 11.7 Å². The SMILES string of the molecule is CC(C)CC(Br)CNC(=O)Cc1cccc(O)c1. The number of phenolic OH excluding ortho intramolecular Hbond substituents is 1. The van der Waals surface area contributed by atoms with Crippen LogP contribution in [0, 0.1) is 5.92 Å². The van der Waals surface area contributed by atoms with E-state index in [0.29, 0.717) is 23.7 Å². The summed E-state index contributed by atoms with van der Waals surface area (Å²) in [6.07, 6.45) is 1.34. The lowest BCUT2D eigenvalue weighted by atomic mass is 10.1. The van der Waals surface area contributed by atoms with Gasteiger partial charge in [-0.25, -0.2) is 0 Å². The third-order valence-electron chi connectivity index (χ3n) is 2.52. The summed E-state index contributed by atoms with van der Waals surface area (Å²) < 4.78 is 0. The lowest BCUT2D eigenvalue weighted by Crippen LogP contribution is -2.31. The number of hydrogen-bond donors (Lipinski definition) is 2. The fourth-order valence-electron chi connectivity index (χ4n) is 1.73. The van der Waals surface area contributed by atoms with Gasteiger partial charge in [-0.3, -0.25) is 4.79 Å². The number of benzene rings is 1. The molecule has 3 nitrogen and oxygen atoms in total. The van der Waals surface area contributed by atoms with Crippen LogP contribution in [0.3, 0.4) is 0 Å². The van der Waals surface area contributed by atoms with Crippen molar-refractivity contribution in [3.63, 3.8) is 0 Å². The zero-order chi connectivity index (χ0) is 13.5. The Balaban J connectivity index is 2.34. The highest BCUT2D eigenvalue weighted by atomic mass is 79.9. The van der Waals surface area contributed by atoms with Gasteiger partial charge < -0.3 is 10.4 Å². The topological polar surface area (TPSA) is 49.3 Å². The van der Waals surface area contributed by atoms with Crippen molar-refractivity contribution in [1.29, 1.82) is 0 Å². The molecule has 0 aliphatic carbocycles. The van der Waals surface area contributed by atoms with Gasteiger partial charge in [-0.05, 0) is 30.0 Å². The molecule has 0 fully saturated rings. The predicted octanol–water partition coefficient (Wildman–Crippen LogP) is 2.86. The summed E-state index contributed by atoms with van der Waals surface area (Å²) in [5, 5.41) is 12.2. The number of phenols is 1. The molecule has 1 rings (SSSR count). The number of carbonyl (C=O) groups excluding carboxylic acids is 1. The first-order valence-corrected chi connectivity index (χ1v) is 7.07. The smallest absolute Gasteiger partial charge is 0.224 e. The quantitative estimate of drug-likeness (QED) is 0.793. The van der Waals surface area contributed by atoms with Crippen molar-refractivity contribution in [3.8, 4) is 5.75 Å². The maximum absolute atomic E-state index is 11.7. The molecule has 2 N–H and O–H groups in total. The molecule has 1 amide bonds. The first-order chi connectivity index (χ1) is 8.47. The fraction of sp³-hybridized carbons (Fsp3) is 0.500. The van der Waals surface area contributed by atoms with Gasteiger partial charge in [0.25, 0.3) is 0 Å². The maximum atomic E-state index is 11.7. The Labute approximate surface area is 117 Å².